The standard InChI is InChI=1S/C39H26O/c1-25-13-5-6-16-27(25)28-21-12-24-35-38(28)34-23-11-22-33(39(34)40-35)37-31-19-9-7-17-29(31)36(26-14-3-2-4-15-26)30-18-8-10-20-32(30)37/h2-24H,1H3. The molecule has 0 spiro atoms. The van der Waals surface area contributed by atoms with Crippen molar-refractivity contribution in [2.75, 3.05) is 0 Å². The van der Waals surface area contributed by atoms with Gasteiger partial charge in [0.2, 0.25) is 0 Å². The largest absolute Gasteiger partial charge is 0.455 e. The van der Waals surface area contributed by atoms with E-state index in [2.05, 4.69) is 146 Å². The van der Waals surface area contributed by atoms with Gasteiger partial charge in [0.05, 0.1) is 0 Å². The maximum Gasteiger partial charge on any atom is 0.143 e. The van der Waals surface area contributed by atoms with E-state index in [0.717, 1.165) is 22.1 Å². The smallest absolute Gasteiger partial charge is 0.143 e. The molecule has 1 aromatic heterocycles. The van der Waals surface area contributed by atoms with Gasteiger partial charge < -0.3 is 4.42 Å². The molecular weight excluding hydrogens is 484 g/mol. The zero-order valence-corrected chi connectivity index (χ0v) is 22.2. The quantitative estimate of drug-likeness (QED) is 0.215. The summed E-state index contributed by atoms with van der Waals surface area (Å²) in [4.78, 5) is 0. The van der Waals surface area contributed by atoms with E-state index >= 15 is 0 Å². The number of hydrogen-bond acceptors (Lipinski definition) is 1. The van der Waals surface area contributed by atoms with Crippen molar-refractivity contribution in [3.8, 4) is 33.4 Å². The minimum atomic E-state index is 0.915. The summed E-state index contributed by atoms with van der Waals surface area (Å²) < 4.78 is 6.75. The van der Waals surface area contributed by atoms with E-state index in [1.54, 1.807) is 0 Å². The first-order chi connectivity index (χ1) is 19.8. The molecule has 40 heavy (non-hydrogen) atoms. The van der Waals surface area contributed by atoms with Crippen LogP contribution in [0, 0.1) is 6.92 Å². The second-order valence-corrected chi connectivity index (χ2v) is 10.5. The molecule has 0 amide bonds. The van der Waals surface area contributed by atoms with Gasteiger partial charge in [0.25, 0.3) is 0 Å². The molecule has 1 heterocycles. The summed E-state index contributed by atoms with van der Waals surface area (Å²) in [6, 6.07) is 49.9. The number of fused-ring (bicyclic) bond motifs is 5. The molecule has 0 radical (unpaired) electrons. The van der Waals surface area contributed by atoms with Gasteiger partial charge in [-0.2, -0.15) is 0 Å². The summed E-state index contributed by atoms with van der Waals surface area (Å²) in [5.41, 5.74) is 10.4. The molecular formula is C39H26O. The van der Waals surface area contributed by atoms with Crippen LogP contribution in [0.25, 0.3) is 76.9 Å². The first-order valence-corrected chi connectivity index (χ1v) is 13.8. The van der Waals surface area contributed by atoms with E-state index in [0.29, 0.717) is 0 Å². The number of hydrogen-bond donors (Lipinski definition) is 0. The second-order valence-electron chi connectivity index (χ2n) is 10.5. The fourth-order valence-corrected chi connectivity index (χ4v) is 6.48. The van der Waals surface area contributed by atoms with E-state index in [1.807, 2.05) is 0 Å². The fourth-order valence-electron chi connectivity index (χ4n) is 6.48. The van der Waals surface area contributed by atoms with Crippen LogP contribution in [-0.4, -0.2) is 0 Å². The number of rotatable bonds is 3. The normalized spacial score (nSPS) is 11.6. The minimum absolute atomic E-state index is 0.915. The molecule has 0 unspecified atom stereocenters. The second kappa shape index (κ2) is 8.97. The molecule has 1 nitrogen and oxygen atoms in total. The van der Waals surface area contributed by atoms with Gasteiger partial charge in [-0.05, 0) is 62.4 Å². The van der Waals surface area contributed by atoms with Gasteiger partial charge in [-0.3, -0.25) is 0 Å². The topological polar surface area (TPSA) is 13.1 Å². The Morgan fingerprint density at radius 1 is 0.400 bits per heavy atom. The van der Waals surface area contributed by atoms with Crippen molar-refractivity contribution in [3.05, 3.63) is 145 Å². The van der Waals surface area contributed by atoms with Gasteiger partial charge >= 0.3 is 0 Å². The Labute approximate surface area is 232 Å². The Kier molecular flexibility index (Phi) is 5.11. The number of benzene rings is 7. The SMILES string of the molecule is Cc1ccccc1-c1cccc2oc3c(-c4c5ccccc5c(-c5ccccc5)c5ccccc45)cccc3c12. The summed E-state index contributed by atoms with van der Waals surface area (Å²) in [7, 11) is 0. The number of aryl methyl sites for hydroxylation is 1. The Balaban J connectivity index is 1.51. The fraction of sp³-hybridized carbons (Fsp3) is 0.0256. The Morgan fingerprint density at radius 2 is 0.925 bits per heavy atom. The van der Waals surface area contributed by atoms with Gasteiger partial charge in [0, 0.05) is 21.9 Å². The summed E-state index contributed by atoms with van der Waals surface area (Å²) in [6.45, 7) is 2.18. The summed E-state index contributed by atoms with van der Waals surface area (Å²) in [5, 5.41) is 7.27. The molecule has 0 bridgehead atoms. The molecule has 0 N–H and O–H groups in total. The average Bonchev–Trinajstić information content (AvgIpc) is 3.40. The van der Waals surface area contributed by atoms with Crippen LogP contribution in [0.4, 0.5) is 0 Å². The highest BCUT2D eigenvalue weighted by molar-refractivity contribution is 6.25. The van der Waals surface area contributed by atoms with E-state index in [-0.39, 0.29) is 0 Å². The van der Waals surface area contributed by atoms with Gasteiger partial charge in [-0.1, -0.05) is 133 Å². The lowest BCUT2D eigenvalue weighted by Crippen LogP contribution is -1.91. The van der Waals surface area contributed by atoms with Crippen molar-refractivity contribution in [1.29, 1.82) is 0 Å². The van der Waals surface area contributed by atoms with Crippen molar-refractivity contribution in [2.24, 2.45) is 0 Å². The maximum atomic E-state index is 6.75. The molecule has 7 aromatic carbocycles. The molecule has 0 aliphatic heterocycles. The van der Waals surface area contributed by atoms with Gasteiger partial charge in [0.1, 0.15) is 11.2 Å². The molecule has 0 aliphatic rings. The monoisotopic (exact) mass is 510 g/mol. The van der Waals surface area contributed by atoms with Crippen molar-refractivity contribution >= 4 is 43.5 Å². The highest BCUT2D eigenvalue weighted by Crippen LogP contribution is 2.47. The Hall–Kier alpha value is -5.14. The lowest BCUT2D eigenvalue weighted by atomic mass is 9.85. The highest BCUT2D eigenvalue weighted by atomic mass is 16.3. The molecule has 1 heteroatoms. The third kappa shape index (κ3) is 3.34. The van der Waals surface area contributed by atoms with Crippen molar-refractivity contribution in [3.63, 3.8) is 0 Å². The van der Waals surface area contributed by atoms with Crippen LogP contribution in [0.5, 0.6) is 0 Å². The molecule has 0 atom stereocenters. The molecule has 188 valence electrons. The third-order valence-electron chi connectivity index (χ3n) is 8.22. The predicted octanol–water partition coefficient (Wildman–Crippen LogP) is 11.2. The first kappa shape index (κ1) is 22.8. The van der Waals surface area contributed by atoms with Gasteiger partial charge in [-0.15, -0.1) is 0 Å². The first-order valence-electron chi connectivity index (χ1n) is 13.8. The zero-order valence-electron chi connectivity index (χ0n) is 22.2. The maximum absolute atomic E-state index is 6.75. The molecule has 0 saturated heterocycles. The lowest BCUT2D eigenvalue weighted by Gasteiger charge is -2.17. The van der Waals surface area contributed by atoms with Crippen LogP contribution in [-0.2, 0) is 0 Å². The predicted molar refractivity (Wildman–Crippen MR) is 170 cm³/mol. The molecule has 8 rings (SSSR count). The van der Waals surface area contributed by atoms with Gasteiger partial charge in [0.15, 0.2) is 0 Å². The molecule has 8 aromatic rings. The van der Waals surface area contributed by atoms with Crippen molar-refractivity contribution in [1.82, 2.24) is 0 Å². The van der Waals surface area contributed by atoms with Crippen LogP contribution in [0.1, 0.15) is 5.56 Å². The lowest BCUT2D eigenvalue weighted by molar-refractivity contribution is 0.670. The van der Waals surface area contributed by atoms with Crippen LogP contribution in [0.15, 0.2) is 144 Å². The number of furan rings is 1. The molecule has 0 fully saturated rings. The van der Waals surface area contributed by atoms with E-state index in [4.69, 9.17) is 4.42 Å². The number of para-hydroxylation sites is 1. The van der Waals surface area contributed by atoms with Crippen LogP contribution in [0.3, 0.4) is 0 Å². The minimum Gasteiger partial charge on any atom is -0.455 e. The Bertz CT molecular complexity index is 2160. The van der Waals surface area contributed by atoms with E-state index in [9.17, 15) is 0 Å². The zero-order chi connectivity index (χ0) is 26.6. The third-order valence-corrected chi connectivity index (χ3v) is 8.22. The van der Waals surface area contributed by atoms with Crippen molar-refractivity contribution < 1.29 is 4.42 Å². The van der Waals surface area contributed by atoms with Crippen LogP contribution >= 0.6 is 0 Å². The van der Waals surface area contributed by atoms with Gasteiger partial charge in [-0.25, -0.2) is 0 Å². The van der Waals surface area contributed by atoms with Crippen LogP contribution < -0.4 is 0 Å². The summed E-state index contributed by atoms with van der Waals surface area (Å²) >= 11 is 0. The Morgan fingerprint density at radius 3 is 1.62 bits per heavy atom. The summed E-state index contributed by atoms with van der Waals surface area (Å²) in [6.07, 6.45) is 0. The van der Waals surface area contributed by atoms with Crippen LogP contribution in [0.2, 0.25) is 0 Å². The highest BCUT2D eigenvalue weighted by Gasteiger charge is 2.21. The molecule has 0 aliphatic carbocycles. The average molecular weight is 511 g/mol. The van der Waals surface area contributed by atoms with E-state index < -0.39 is 0 Å². The summed E-state index contributed by atoms with van der Waals surface area (Å²) in [5.74, 6) is 0. The molecule has 0 saturated carbocycles. The van der Waals surface area contributed by atoms with Crippen molar-refractivity contribution in [2.45, 2.75) is 6.92 Å². The van der Waals surface area contributed by atoms with E-state index in [1.165, 1.54) is 60.3 Å².